The van der Waals surface area contributed by atoms with Crippen LogP contribution in [0.3, 0.4) is 0 Å². The highest BCUT2D eigenvalue weighted by Gasteiger charge is 2.60. The Bertz CT molecular complexity index is 3090. The van der Waals surface area contributed by atoms with Crippen molar-refractivity contribution in [2.45, 2.75) is 11.6 Å². The molecule has 1 spiro atoms. The van der Waals surface area contributed by atoms with Crippen LogP contribution in [-0.2, 0) is 5.54 Å². The van der Waals surface area contributed by atoms with Crippen LogP contribution < -0.4 is 10.2 Å². The minimum Gasteiger partial charge on any atom is -0.456 e. The zero-order valence-electron chi connectivity index (χ0n) is 28.5. The smallest absolute Gasteiger partial charge is 0.138 e. The Morgan fingerprint density at radius 1 is 0.604 bits per heavy atom. The molecule has 4 nitrogen and oxygen atoms in total. The van der Waals surface area contributed by atoms with E-state index in [2.05, 4.69) is 174 Å². The summed E-state index contributed by atoms with van der Waals surface area (Å²) >= 11 is 0. The maximum Gasteiger partial charge on any atom is 0.138 e. The lowest BCUT2D eigenvalue weighted by atomic mass is 9.83. The number of aliphatic imine (C=N–C) groups is 1. The van der Waals surface area contributed by atoms with Gasteiger partial charge in [-0.05, 0) is 63.5 Å². The number of nitrogens with one attached hydrogen (secondary N) is 1. The Morgan fingerprint density at radius 2 is 1.38 bits per heavy atom. The molecule has 3 aliphatic carbocycles. The standard InChI is InChI=1S/C49H29N3O/c1-2-11-28(12-3-1)47-35-14-5-8-19-39(35)50-48(51-47)29-21-23-30(24-22-29)52-40-27-42-43(36-15-6-9-20-41(36)53-42)37-26-25-34-33-17-10-16-32-31-13-4-7-18-38(31)49(52,45(32)33)46(34)44(37)40/h1-27,39H,(H,50,51). The van der Waals surface area contributed by atoms with Crippen molar-refractivity contribution in [3.05, 3.63) is 197 Å². The SMILES string of the molecule is C1=CC2=C(c3ccccc3)N=C(c3ccc(N4c5cc6oc7ccccc7c6c6ccc7c(c56)C45c4ccccc4-c4cccc-7c45)cc3)NC2C=C1. The van der Waals surface area contributed by atoms with Gasteiger partial charge in [-0.2, -0.15) is 0 Å². The fraction of sp³-hybridized carbons (Fsp3) is 0.0408. The van der Waals surface area contributed by atoms with Gasteiger partial charge in [0, 0.05) is 55.7 Å². The molecule has 2 aliphatic heterocycles. The Labute approximate surface area is 305 Å². The number of nitrogens with zero attached hydrogens (tertiary/aromatic N) is 2. The maximum absolute atomic E-state index is 6.64. The third-order valence-corrected chi connectivity index (χ3v) is 12.1. The normalized spacial score (nSPS) is 19.6. The van der Waals surface area contributed by atoms with Gasteiger partial charge in [-0.25, -0.2) is 4.99 Å². The lowest BCUT2D eigenvalue weighted by Crippen LogP contribution is -2.40. The van der Waals surface area contributed by atoms with Crippen LogP contribution in [0.2, 0.25) is 0 Å². The van der Waals surface area contributed by atoms with E-state index in [4.69, 9.17) is 9.41 Å². The Kier molecular flexibility index (Phi) is 5.08. The van der Waals surface area contributed by atoms with Gasteiger partial charge in [-0.15, -0.1) is 0 Å². The van der Waals surface area contributed by atoms with Gasteiger partial charge in [-0.1, -0.05) is 127 Å². The van der Waals surface area contributed by atoms with Crippen LogP contribution in [0.4, 0.5) is 11.4 Å². The molecule has 0 radical (unpaired) electrons. The summed E-state index contributed by atoms with van der Waals surface area (Å²) in [4.78, 5) is 7.88. The Hall–Kier alpha value is -6.91. The summed E-state index contributed by atoms with van der Waals surface area (Å²) in [5.74, 6) is 0.875. The number of allylic oxidation sites excluding steroid dienone is 2. The van der Waals surface area contributed by atoms with E-state index in [1.807, 2.05) is 0 Å². The molecule has 0 saturated carbocycles. The molecule has 8 aromatic rings. The number of hydrogen-bond donors (Lipinski definition) is 1. The quantitative estimate of drug-likeness (QED) is 0.203. The topological polar surface area (TPSA) is 40.8 Å². The van der Waals surface area contributed by atoms with Gasteiger partial charge in [0.05, 0.1) is 17.4 Å². The summed E-state index contributed by atoms with van der Waals surface area (Å²) in [6.07, 6.45) is 8.60. The minimum atomic E-state index is -0.506. The zero-order valence-corrected chi connectivity index (χ0v) is 28.5. The van der Waals surface area contributed by atoms with Crippen LogP contribution in [0, 0.1) is 0 Å². The third kappa shape index (κ3) is 3.31. The van der Waals surface area contributed by atoms with Crippen LogP contribution in [0.25, 0.3) is 60.7 Å². The summed E-state index contributed by atoms with van der Waals surface area (Å²) < 4.78 is 6.64. The van der Waals surface area contributed by atoms with Crippen molar-refractivity contribution < 1.29 is 4.42 Å². The molecular formula is C49H29N3O. The third-order valence-electron chi connectivity index (χ3n) is 12.1. The van der Waals surface area contributed by atoms with E-state index in [-0.39, 0.29) is 6.04 Å². The Balaban J connectivity index is 1.06. The lowest BCUT2D eigenvalue weighted by molar-refractivity contribution is 0.666. The highest BCUT2D eigenvalue weighted by Crippen LogP contribution is 2.70. The molecule has 7 aromatic carbocycles. The molecule has 1 aromatic heterocycles. The number of rotatable bonds is 3. The highest BCUT2D eigenvalue weighted by molar-refractivity contribution is 6.27. The average molecular weight is 676 g/mol. The molecule has 2 unspecified atom stereocenters. The predicted octanol–water partition coefficient (Wildman–Crippen LogP) is 11.4. The molecule has 4 heteroatoms. The number of anilines is 2. The number of para-hydroxylation sites is 1. The molecule has 5 aliphatic rings. The number of benzene rings is 7. The second-order valence-corrected chi connectivity index (χ2v) is 14.6. The minimum absolute atomic E-state index is 0.0556. The van der Waals surface area contributed by atoms with Crippen molar-refractivity contribution in [3.63, 3.8) is 0 Å². The molecule has 53 heavy (non-hydrogen) atoms. The summed E-state index contributed by atoms with van der Waals surface area (Å²) in [5.41, 5.74) is 17.4. The second kappa shape index (κ2) is 9.69. The first-order chi connectivity index (χ1) is 26.3. The monoisotopic (exact) mass is 675 g/mol. The van der Waals surface area contributed by atoms with Gasteiger partial charge in [-0.3, -0.25) is 0 Å². The van der Waals surface area contributed by atoms with Crippen LogP contribution >= 0.6 is 0 Å². The molecule has 246 valence electrons. The van der Waals surface area contributed by atoms with E-state index in [9.17, 15) is 0 Å². The molecule has 2 atom stereocenters. The van der Waals surface area contributed by atoms with Crippen molar-refractivity contribution >= 4 is 55.6 Å². The van der Waals surface area contributed by atoms with E-state index >= 15 is 0 Å². The Morgan fingerprint density at radius 3 is 2.28 bits per heavy atom. The summed E-state index contributed by atoms with van der Waals surface area (Å²) in [6, 6.07) is 50.9. The largest absolute Gasteiger partial charge is 0.456 e. The molecule has 3 heterocycles. The molecule has 0 saturated heterocycles. The molecule has 13 rings (SSSR count). The van der Waals surface area contributed by atoms with Gasteiger partial charge in [0.1, 0.15) is 22.5 Å². The van der Waals surface area contributed by atoms with Crippen molar-refractivity contribution in [1.82, 2.24) is 5.32 Å². The number of hydrogen-bond acceptors (Lipinski definition) is 4. The summed E-state index contributed by atoms with van der Waals surface area (Å²) in [7, 11) is 0. The van der Waals surface area contributed by atoms with Gasteiger partial charge < -0.3 is 14.6 Å². The van der Waals surface area contributed by atoms with Gasteiger partial charge in [0.25, 0.3) is 0 Å². The van der Waals surface area contributed by atoms with Crippen LogP contribution in [0.5, 0.6) is 0 Å². The summed E-state index contributed by atoms with van der Waals surface area (Å²) in [5, 5.41) is 8.63. The summed E-state index contributed by atoms with van der Waals surface area (Å²) in [6.45, 7) is 0. The molecular weight excluding hydrogens is 647 g/mol. The fourth-order valence-electron chi connectivity index (χ4n) is 10.2. The van der Waals surface area contributed by atoms with Gasteiger partial charge >= 0.3 is 0 Å². The predicted molar refractivity (Wildman–Crippen MR) is 216 cm³/mol. The molecule has 0 amide bonds. The van der Waals surface area contributed by atoms with E-state index in [0.29, 0.717) is 0 Å². The van der Waals surface area contributed by atoms with E-state index in [0.717, 1.165) is 44.9 Å². The number of amidine groups is 1. The number of furan rings is 1. The van der Waals surface area contributed by atoms with E-state index < -0.39 is 5.54 Å². The first-order valence-electron chi connectivity index (χ1n) is 18.3. The van der Waals surface area contributed by atoms with Crippen molar-refractivity contribution in [2.24, 2.45) is 4.99 Å². The average Bonchev–Trinajstić information content (AvgIpc) is 3.93. The fourth-order valence-corrected chi connectivity index (χ4v) is 10.2. The second-order valence-electron chi connectivity index (χ2n) is 14.6. The first-order valence-corrected chi connectivity index (χ1v) is 18.3. The molecule has 0 fully saturated rings. The lowest BCUT2D eigenvalue weighted by Gasteiger charge is -2.39. The number of fused-ring (bicyclic) bond motifs is 8. The van der Waals surface area contributed by atoms with Crippen LogP contribution in [0.15, 0.2) is 179 Å². The van der Waals surface area contributed by atoms with Gasteiger partial charge in [0.15, 0.2) is 0 Å². The van der Waals surface area contributed by atoms with Crippen molar-refractivity contribution in [1.29, 1.82) is 0 Å². The molecule has 1 N–H and O–H groups in total. The van der Waals surface area contributed by atoms with E-state index in [1.165, 1.54) is 66.4 Å². The van der Waals surface area contributed by atoms with Crippen LogP contribution in [0.1, 0.15) is 27.8 Å². The van der Waals surface area contributed by atoms with Crippen molar-refractivity contribution in [3.8, 4) is 22.3 Å². The van der Waals surface area contributed by atoms with Gasteiger partial charge in [0.2, 0.25) is 0 Å². The zero-order chi connectivity index (χ0) is 34.4. The highest BCUT2D eigenvalue weighted by atomic mass is 16.3. The maximum atomic E-state index is 6.64. The van der Waals surface area contributed by atoms with Crippen molar-refractivity contribution in [2.75, 3.05) is 4.90 Å². The van der Waals surface area contributed by atoms with Crippen LogP contribution in [-0.4, -0.2) is 11.9 Å². The van der Waals surface area contributed by atoms with E-state index in [1.54, 1.807) is 0 Å². The first kappa shape index (κ1) is 27.8. The molecule has 0 bridgehead atoms.